The lowest BCUT2D eigenvalue weighted by Gasteiger charge is -2.38. The summed E-state index contributed by atoms with van der Waals surface area (Å²) in [6.45, 7) is 9.33. The van der Waals surface area contributed by atoms with Crippen LogP contribution in [0.2, 0.25) is 0 Å². The second-order valence-electron chi connectivity index (χ2n) is 6.42. The number of hydrogen-bond acceptors (Lipinski definition) is 0. The summed E-state index contributed by atoms with van der Waals surface area (Å²) < 4.78 is 0. The second-order valence-corrected chi connectivity index (χ2v) is 7.57. The van der Waals surface area contributed by atoms with E-state index in [0.29, 0.717) is 5.16 Å². The van der Waals surface area contributed by atoms with Crippen molar-refractivity contribution in [3.8, 4) is 0 Å². The first-order chi connectivity index (χ1) is 9.14. The van der Waals surface area contributed by atoms with Gasteiger partial charge in [0.25, 0.3) is 0 Å². The fraction of sp³-hybridized carbons (Fsp3) is 1.00. The Morgan fingerprint density at radius 2 is 1.05 bits per heavy atom. The predicted molar refractivity (Wildman–Crippen MR) is 101 cm³/mol. The topological polar surface area (TPSA) is 0 Å². The molecule has 0 aromatic carbocycles. The number of halogens is 1. The van der Waals surface area contributed by atoms with Gasteiger partial charge in [0.15, 0.2) is 0 Å². The van der Waals surface area contributed by atoms with Crippen LogP contribution in [0.4, 0.5) is 0 Å². The molecule has 0 saturated carbocycles. The van der Waals surface area contributed by atoms with E-state index in [-0.39, 0.29) is 12.4 Å². The SMILES string of the molecule is CCCCC(CCCC)C(P)(CCCC)CCCC.Cl. The highest BCUT2D eigenvalue weighted by Crippen LogP contribution is 2.43. The fourth-order valence-electron chi connectivity index (χ4n) is 3.17. The molecule has 2 heteroatoms. The van der Waals surface area contributed by atoms with Gasteiger partial charge in [0, 0.05) is 0 Å². The predicted octanol–water partition coefficient (Wildman–Crippen LogP) is 7.40. The Bertz CT molecular complexity index is 178. The van der Waals surface area contributed by atoms with Gasteiger partial charge < -0.3 is 0 Å². The van der Waals surface area contributed by atoms with Gasteiger partial charge in [-0.2, -0.15) is 0 Å². The van der Waals surface area contributed by atoms with Crippen LogP contribution in [0, 0.1) is 5.92 Å². The molecule has 0 heterocycles. The monoisotopic (exact) mass is 322 g/mol. The minimum atomic E-state index is 0. The molecule has 0 spiro atoms. The van der Waals surface area contributed by atoms with E-state index in [9.17, 15) is 0 Å². The summed E-state index contributed by atoms with van der Waals surface area (Å²) in [4.78, 5) is 0. The minimum absolute atomic E-state index is 0. The molecule has 0 fully saturated rings. The average molecular weight is 323 g/mol. The highest BCUT2D eigenvalue weighted by Gasteiger charge is 2.32. The number of rotatable bonds is 13. The first-order valence-electron chi connectivity index (χ1n) is 8.93. The minimum Gasteiger partial charge on any atom is -0.147 e. The third kappa shape index (κ3) is 9.62. The fourth-order valence-corrected chi connectivity index (χ4v) is 3.91. The van der Waals surface area contributed by atoms with Crippen LogP contribution in [-0.4, -0.2) is 5.16 Å². The van der Waals surface area contributed by atoms with Crippen LogP contribution in [0.25, 0.3) is 0 Å². The van der Waals surface area contributed by atoms with Crippen molar-refractivity contribution in [3.05, 3.63) is 0 Å². The zero-order valence-electron chi connectivity index (χ0n) is 14.5. The maximum Gasteiger partial charge on any atom is -0.0122 e. The molecular formula is C18H40ClP. The van der Waals surface area contributed by atoms with Crippen LogP contribution >= 0.6 is 21.6 Å². The Morgan fingerprint density at radius 1 is 0.700 bits per heavy atom. The first kappa shape index (κ1) is 23.0. The maximum atomic E-state index is 3.32. The molecule has 0 N–H and O–H groups in total. The lowest BCUT2D eigenvalue weighted by molar-refractivity contribution is 0.276. The molecule has 0 aromatic heterocycles. The maximum absolute atomic E-state index is 3.32. The van der Waals surface area contributed by atoms with Crippen molar-refractivity contribution in [3.63, 3.8) is 0 Å². The van der Waals surface area contributed by atoms with Gasteiger partial charge in [-0.15, -0.1) is 21.6 Å². The van der Waals surface area contributed by atoms with Crippen LogP contribution < -0.4 is 0 Å². The molecule has 0 radical (unpaired) electrons. The Morgan fingerprint density at radius 3 is 1.35 bits per heavy atom. The Labute approximate surface area is 137 Å². The lowest BCUT2D eigenvalue weighted by atomic mass is 9.77. The highest BCUT2D eigenvalue weighted by atomic mass is 35.5. The normalized spacial score (nSPS) is 11.7. The molecule has 20 heavy (non-hydrogen) atoms. The summed E-state index contributed by atoms with van der Waals surface area (Å²) in [5.74, 6) is 0.940. The van der Waals surface area contributed by atoms with Crippen molar-refractivity contribution in [1.29, 1.82) is 0 Å². The van der Waals surface area contributed by atoms with Gasteiger partial charge in [-0.05, 0) is 36.8 Å². The van der Waals surface area contributed by atoms with E-state index in [1.807, 2.05) is 0 Å². The quantitative estimate of drug-likeness (QED) is 0.310. The molecule has 0 amide bonds. The van der Waals surface area contributed by atoms with Gasteiger partial charge in [-0.25, -0.2) is 0 Å². The van der Waals surface area contributed by atoms with Crippen molar-refractivity contribution in [1.82, 2.24) is 0 Å². The standard InChI is InChI=1S/C18H39P.ClH/c1-5-9-13-17(14-10-6-2)18(19,15-11-7-3)16-12-8-4;/h17H,5-16,19H2,1-4H3;1H. The van der Waals surface area contributed by atoms with Crippen molar-refractivity contribution in [2.75, 3.05) is 0 Å². The second kappa shape index (κ2) is 14.6. The third-order valence-corrected chi connectivity index (χ3v) is 5.67. The molecule has 0 aliphatic heterocycles. The van der Waals surface area contributed by atoms with Gasteiger partial charge >= 0.3 is 0 Å². The van der Waals surface area contributed by atoms with E-state index in [0.717, 1.165) is 5.92 Å². The van der Waals surface area contributed by atoms with E-state index in [1.54, 1.807) is 0 Å². The summed E-state index contributed by atoms with van der Waals surface area (Å²) in [5, 5.41) is 0.538. The Kier molecular flexibility index (Phi) is 16.8. The summed E-state index contributed by atoms with van der Waals surface area (Å²) in [5.41, 5.74) is 0. The van der Waals surface area contributed by atoms with Gasteiger partial charge in [0.05, 0.1) is 0 Å². The summed E-state index contributed by atoms with van der Waals surface area (Å²) in [7, 11) is 3.32. The molecule has 0 rings (SSSR count). The van der Waals surface area contributed by atoms with Crippen molar-refractivity contribution in [2.24, 2.45) is 5.92 Å². The molecule has 0 nitrogen and oxygen atoms in total. The zero-order valence-corrected chi connectivity index (χ0v) is 16.5. The molecule has 1 atom stereocenters. The molecule has 0 bridgehead atoms. The smallest absolute Gasteiger partial charge is 0.0122 e. The van der Waals surface area contributed by atoms with Crippen molar-refractivity contribution < 1.29 is 0 Å². The van der Waals surface area contributed by atoms with E-state index >= 15 is 0 Å². The van der Waals surface area contributed by atoms with Crippen molar-refractivity contribution in [2.45, 2.75) is 110 Å². The van der Waals surface area contributed by atoms with Crippen LogP contribution in [0.5, 0.6) is 0 Å². The Balaban J connectivity index is 0. The molecule has 0 aliphatic carbocycles. The summed E-state index contributed by atoms with van der Waals surface area (Å²) >= 11 is 0. The first-order valence-corrected chi connectivity index (χ1v) is 9.51. The van der Waals surface area contributed by atoms with Crippen molar-refractivity contribution >= 4 is 21.6 Å². The number of hydrogen-bond donors (Lipinski definition) is 0. The van der Waals surface area contributed by atoms with Gasteiger partial charge in [-0.1, -0.05) is 79.1 Å². The van der Waals surface area contributed by atoms with Crippen LogP contribution in [0.1, 0.15) is 105 Å². The molecule has 124 valence electrons. The molecule has 0 saturated heterocycles. The van der Waals surface area contributed by atoms with Crippen LogP contribution in [-0.2, 0) is 0 Å². The average Bonchev–Trinajstić information content (AvgIpc) is 2.43. The molecule has 1 unspecified atom stereocenters. The zero-order chi connectivity index (χ0) is 14.6. The van der Waals surface area contributed by atoms with E-state index in [1.165, 1.54) is 77.0 Å². The molecule has 0 aliphatic rings. The van der Waals surface area contributed by atoms with E-state index < -0.39 is 0 Å². The number of unbranched alkanes of at least 4 members (excludes halogenated alkanes) is 4. The van der Waals surface area contributed by atoms with E-state index in [4.69, 9.17) is 0 Å². The Hall–Kier alpha value is 0.720. The van der Waals surface area contributed by atoms with Gasteiger partial charge in [-0.3, -0.25) is 0 Å². The summed E-state index contributed by atoms with van der Waals surface area (Å²) in [6.07, 6.45) is 16.8. The van der Waals surface area contributed by atoms with E-state index in [2.05, 4.69) is 36.9 Å². The molecular weight excluding hydrogens is 283 g/mol. The van der Waals surface area contributed by atoms with Gasteiger partial charge in [0.1, 0.15) is 0 Å². The third-order valence-electron chi connectivity index (χ3n) is 4.62. The van der Waals surface area contributed by atoms with Gasteiger partial charge in [0.2, 0.25) is 0 Å². The van der Waals surface area contributed by atoms with Crippen LogP contribution in [0.15, 0.2) is 0 Å². The van der Waals surface area contributed by atoms with Crippen LogP contribution in [0.3, 0.4) is 0 Å². The largest absolute Gasteiger partial charge is 0.147 e. The summed E-state index contributed by atoms with van der Waals surface area (Å²) in [6, 6.07) is 0. The lowest BCUT2D eigenvalue weighted by Crippen LogP contribution is -2.32. The molecule has 0 aromatic rings. The highest BCUT2D eigenvalue weighted by molar-refractivity contribution is 7.19.